The number of nitrogens with zero attached hydrogens (tertiary/aromatic N) is 2. The second kappa shape index (κ2) is 10.5. The third-order valence-corrected chi connectivity index (χ3v) is 5.93. The number of likely N-dealkylation sites (N-methyl/N-ethyl adjacent to an activating group) is 1. The first-order valence-electron chi connectivity index (χ1n) is 11.3. The van der Waals surface area contributed by atoms with Crippen molar-refractivity contribution in [2.24, 2.45) is 0 Å². The first-order chi connectivity index (χ1) is 16.0. The Balaban J connectivity index is 1.70. The summed E-state index contributed by atoms with van der Waals surface area (Å²) in [5.74, 6) is -0.461. The zero-order chi connectivity index (χ0) is 23.2. The van der Waals surface area contributed by atoms with Crippen molar-refractivity contribution in [1.82, 2.24) is 14.8 Å². The minimum Gasteiger partial charge on any atom is -0.355 e. The number of hydrogen-bond donors (Lipinski definition) is 1. The van der Waals surface area contributed by atoms with Gasteiger partial charge in [0.2, 0.25) is 5.91 Å². The number of carbonyl (C=O) groups is 1. The van der Waals surface area contributed by atoms with Gasteiger partial charge < -0.3 is 14.8 Å². The molecule has 4 nitrogen and oxygen atoms in total. The van der Waals surface area contributed by atoms with E-state index in [9.17, 15) is 9.18 Å². The smallest absolute Gasteiger partial charge is 0.220 e. The second-order valence-corrected chi connectivity index (χ2v) is 8.68. The van der Waals surface area contributed by atoms with Crippen LogP contribution in [0.15, 0.2) is 85.1 Å². The van der Waals surface area contributed by atoms with Crippen LogP contribution in [-0.4, -0.2) is 42.6 Å². The van der Waals surface area contributed by atoms with E-state index in [0.717, 1.165) is 35.1 Å². The Kier molecular flexibility index (Phi) is 7.20. The fourth-order valence-corrected chi connectivity index (χ4v) is 4.24. The molecular formula is C28H30FN3O. The van der Waals surface area contributed by atoms with E-state index < -0.39 is 0 Å². The number of hydrogen-bond acceptors (Lipinski definition) is 2. The van der Waals surface area contributed by atoms with Crippen LogP contribution in [0, 0.1) is 5.82 Å². The van der Waals surface area contributed by atoms with E-state index in [1.54, 1.807) is 12.1 Å². The number of rotatable bonds is 9. The average molecular weight is 444 g/mol. The van der Waals surface area contributed by atoms with Gasteiger partial charge in [-0.3, -0.25) is 4.79 Å². The summed E-state index contributed by atoms with van der Waals surface area (Å²) in [6, 6.07) is 25.1. The molecule has 1 aromatic heterocycles. The zero-order valence-electron chi connectivity index (χ0n) is 19.2. The van der Waals surface area contributed by atoms with Crippen molar-refractivity contribution in [3.63, 3.8) is 0 Å². The van der Waals surface area contributed by atoms with Gasteiger partial charge in [0.25, 0.3) is 0 Å². The molecule has 0 aliphatic rings. The van der Waals surface area contributed by atoms with Crippen molar-refractivity contribution in [3.8, 4) is 0 Å². The first kappa shape index (κ1) is 22.7. The molecule has 3 aromatic carbocycles. The van der Waals surface area contributed by atoms with Crippen LogP contribution in [0.3, 0.4) is 0 Å². The van der Waals surface area contributed by atoms with E-state index in [1.165, 1.54) is 17.7 Å². The van der Waals surface area contributed by atoms with Crippen LogP contribution in [0.4, 0.5) is 4.39 Å². The molecule has 0 aliphatic heterocycles. The Morgan fingerprint density at radius 2 is 1.67 bits per heavy atom. The van der Waals surface area contributed by atoms with Crippen LogP contribution in [0.1, 0.15) is 29.0 Å². The predicted octanol–water partition coefficient (Wildman–Crippen LogP) is 5.03. The quantitative estimate of drug-likeness (QED) is 0.394. The van der Waals surface area contributed by atoms with Gasteiger partial charge in [0.05, 0.1) is 0 Å². The van der Waals surface area contributed by atoms with E-state index in [4.69, 9.17) is 0 Å². The molecular weight excluding hydrogens is 413 g/mol. The van der Waals surface area contributed by atoms with Gasteiger partial charge in [-0.1, -0.05) is 60.7 Å². The molecule has 4 aromatic rings. The SMILES string of the molecule is CN(C)CCNC(=O)CC(c1ccc(F)cc1)c1cn(Cc2ccccc2)c2ccccc12. The number of nitrogens with one attached hydrogen (secondary N) is 1. The summed E-state index contributed by atoms with van der Waals surface area (Å²) in [7, 11) is 3.96. The molecule has 0 saturated heterocycles. The summed E-state index contributed by atoms with van der Waals surface area (Å²) in [5, 5.41) is 4.14. The molecule has 33 heavy (non-hydrogen) atoms. The number of benzene rings is 3. The summed E-state index contributed by atoms with van der Waals surface area (Å²) in [4.78, 5) is 14.9. The van der Waals surface area contributed by atoms with Gasteiger partial charge in [-0.2, -0.15) is 0 Å². The van der Waals surface area contributed by atoms with Crippen LogP contribution < -0.4 is 5.32 Å². The number of halogens is 1. The number of aromatic nitrogens is 1. The molecule has 170 valence electrons. The van der Waals surface area contributed by atoms with Gasteiger partial charge >= 0.3 is 0 Å². The van der Waals surface area contributed by atoms with Gasteiger partial charge in [0.15, 0.2) is 0 Å². The highest BCUT2D eigenvalue weighted by Gasteiger charge is 2.23. The van der Waals surface area contributed by atoms with Crippen LogP contribution in [0.5, 0.6) is 0 Å². The molecule has 0 aliphatic carbocycles. The standard InChI is InChI=1S/C28H30FN3O/c1-31(2)17-16-30-28(33)18-25(22-12-14-23(29)15-13-22)26-20-32(19-21-8-4-3-5-9-21)27-11-7-6-10-24(26)27/h3-15,20,25H,16-19H2,1-2H3,(H,30,33). The Hall–Kier alpha value is -3.44. The van der Waals surface area contributed by atoms with Crippen LogP contribution in [0.25, 0.3) is 10.9 Å². The van der Waals surface area contributed by atoms with Crippen LogP contribution in [-0.2, 0) is 11.3 Å². The third kappa shape index (κ3) is 5.68. The summed E-state index contributed by atoms with van der Waals surface area (Å²) >= 11 is 0. The Bertz CT molecular complexity index is 1200. The maximum absolute atomic E-state index is 13.7. The van der Waals surface area contributed by atoms with Crippen molar-refractivity contribution >= 4 is 16.8 Å². The summed E-state index contributed by atoms with van der Waals surface area (Å²) in [6.07, 6.45) is 2.46. The van der Waals surface area contributed by atoms with Crippen LogP contribution in [0.2, 0.25) is 0 Å². The van der Waals surface area contributed by atoms with Crippen molar-refractivity contribution in [3.05, 3.63) is 108 Å². The zero-order valence-corrected chi connectivity index (χ0v) is 19.2. The number of fused-ring (bicyclic) bond motifs is 1. The van der Waals surface area contributed by atoms with E-state index in [1.807, 2.05) is 49.3 Å². The second-order valence-electron chi connectivity index (χ2n) is 8.68. The van der Waals surface area contributed by atoms with E-state index in [0.29, 0.717) is 13.0 Å². The highest BCUT2D eigenvalue weighted by Crippen LogP contribution is 2.35. The van der Waals surface area contributed by atoms with Crippen molar-refractivity contribution in [2.45, 2.75) is 18.9 Å². The minimum atomic E-state index is -0.278. The molecule has 5 heteroatoms. The van der Waals surface area contributed by atoms with Crippen LogP contribution >= 0.6 is 0 Å². The minimum absolute atomic E-state index is 0.00827. The number of carbonyl (C=O) groups excluding carboxylic acids is 1. The van der Waals surface area contributed by atoms with Gasteiger partial charge in [-0.05, 0) is 49.0 Å². The molecule has 4 rings (SSSR count). The Labute approximate surface area is 194 Å². The molecule has 1 amide bonds. The molecule has 0 spiro atoms. The van der Waals surface area contributed by atoms with Gasteiger partial charge in [0, 0.05) is 49.1 Å². The van der Waals surface area contributed by atoms with Gasteiger partial charge in [0.1, 0.15) is 5.82 Å². The number of amides is 1. The molecule has 1 heterocycles. The Morgan fingerprint density at radius 3 is 2.39 bits per heavy atom. The molecule has 0 bridgehead atoms. The lowest BCUT2D eigenvalue weighted by Crippen LogP contribution is -2.32. The summed E-state index contributed by atoms with van der Waals surface area (Å²) in [5.41, 5.74) is 4.35. The molecule has 1 atom stereocenters. The van der Waals surface area contributed by atoms with Gasteiger partial charge in [-0.25, -0.2) is 4.39 Å². The Morgan fingerprint density at radius 1 is 0.970 bits per heavy atom. The monoisotopic (exact) mass is 443 g/mol. The fraction of sp³-hybridized carbons (Fsp3) is 0.250. The molecule has 1 N–H and O–H groups in total. The summed E-state index contributed by atoms with van der Waals surface area (Å²) < 4.78 is 15.9. The van der Waals surface area contributed by atoms with Crippen molar-refractivity contribution in [1.29, 1.82) is 0 Å². The highest BCUT2D eigenvalue weighted by atomic mass is 19.1. The maximum atomic E-state index is 13.7. The average Bonchev–Trinajstić information content (AvgIpc) is 3.17. The lowest BCUT2D eigenvalue weighted by atomic mass is 9.88. The first-order valence-corrected chi connectivity index (χ1v) is 11.3. The largest absolute Gasteiger partial charge is 0.355 e. The molecule has 0 radical (unpaired) electrons. The van der Waals surface area contributed by atoms with E-state index in [2.05, 4.69) is 40.3 Å². The number of para-hydroxylation sites is 1. The normalized spacial score (nSPS) is 12.2. The third-order valence-electron chi connectivity index (χ3n) is 5.93. The molecule has 0 saturated carbocycles. The molecule has 0 fully saturated rings. The lowest BCUT2D eigenvalue weighted by Gasteiger charge is -2.18. The fourth-order valence-electron chi connectivity index (χ4n) is 4.24. The van der Waals surface area contributed by atoms with E-state index >= 15 is 0 Å². The van der Waals surface area contributed by atoms with E-state index in [-0.39, 0.29) is 17.6 Å². The van der Waals surface area contributed by atoms with Gasteiger partial charge in [-0.15, -0.1) is 0 Å². The topological polar surface area (TPSA) is 37.3 Å². The predicted molar refractivity (Wildman–Crippen MR) is 132 cm³/mol. The van der Waals surface area contributed by atoms with Crippen molar-refractivity contribution in [2.75, 3.05) is 27.2 Å². The summed E-state index contributed by atoms with van der Waals surface area (Å²) in [6.45, 7) is 2.12. The molecule has 1 unspecified atom stereocenters. The lowest BCUT2D eigenvalue weighted by molar-refractivity contribution is -0.121. The maximum Gasteiger partial charge on any atom is 0.220 e. The van der Waals surface area contributed by atoms with Crippen molar-refractivity contribution < 1.29 is 9.18 Å². The highest BCUT2D eigenvalue weighted by molar-refractivity contribution is 5.86.